The van der Waals surface area contributed by atoms with Crippen molar-refractivity contribution < 1.29 is 4.79 Å². The molecule has 1 aliphatic heterocycles. The molecule has 1 heterocycles. The van der Waals surface area contributed by atoms with E-state index in [1.165, 1.54) is 5.56 Å². The highest BCUT2D eigenvalue weighted by molar-refractivity contribution is 5.94. The predicted octanol–water partition coefficient (Wildman–Crippen LogP) is 3.13. The Morgan fingerprint density at radius 3 is 2.38 bits per heavy atom. The topological polar surface area (TPSA) is 41.1 Å². The van der Waals surface area contributed by atoms with Crippen molar-refractivity contribution in [3.05, 3.63) is 35.4 Å². The van der Waals surface area contributed by atoms with Crippen LogP contribution >= 0.6 is 12.4 Å². The van der Waals surface area contributed by atoms with Gasteiger partial charge in [-0.15, -0.1) is 12.4 Å². The quantitative estimate of drug-likeness (QED) is 0.881. The zero-order valence-electron chi connectivity index (χ0n) is 13.4. The van der Waals surface area contributed by atoms with Crippen LogP contribution in [0.4, 0.5) is 0 Å². The molecular formula is C17H27ClN2O. The summed E-state index contributed by atoms with van der Waals surface area (Å²) in [5, 5.41) is 6.48. The van der Waals surface area contributed by atoms with Crippen LogP contribution in [0.2, 0.25) is 0 Å². The van der Waals surface area contributed by atoms with Crippen LogP contribution in [0.25, 0.3) is 0 Å². The van der Waals surface area contributed by atoms with Gasteiger partial charge in [-0.3, -0.25) is 4.79 Å². The van der Waals surface area contributed by atoms with E-state index in [2.05, 4.69) is 50.5 Å². The Labute approximate surface area is 134 Å². The first-order valence-corrected chi connectivity index (χ1v) is 7.50. The highest BCUT2D eigenvalue weighted by Crippen LogP contribution is 2.22. The van der Waals surface area contributed by atoms with Crippen LogP contribution in [0.3, 0.4) is 0 Å². The van der Waals surface area contributed by atoms with Crippen molar-refractivity contribution in [2.24, 2.45) is 5.92 Å². The van der Waals surface area contributed by atoms with Crippen molar-refractivity contribution in [2.75, 3.05) is 13.1 Å². The van der Waals surface area contributed by atoms with Gasteiger partial charge in [0.25, 0.3) is 5.91 Å². The molecule has 2 rings (SSSR count). The normalized spacial score (nSPS) is 22.3. The van der Waals surface area contributed by atoms with E-state index in [-0.39, 0.29) is 29.8 Å². The molecule has 21 heavy (non-hydrogen) atoms. The second kappa shape index (κ2) is 7.28. The number of amides is 1. The molecule has 0 aromatic heterocycles. The lowest BCUT2D eigenvalue weighted by Gasteiger charge is -2.30. The van der Waals surface area contributed by atoms with E-state index in [0.29, 0.717) is 5.92 Å². The second-order valence-electron chi connectivity index (χ2n) is 6.88. The lowest BCUT2D eigenvalue weighted by Crippen LogP contribution is -2.50. The molecule has 4 heteroatoms. The summed E-state index contributed by atoms with van der Waals surface area (Å²) in [6.07, 6.45) is 1.12. The van der Waals surface area contributed by atoms with Crippen molar-refractivity contribution in [2.45, 2.75) is 45.6 Å². The number of piperidine rings is 1. The van der Waals surface area contributed by atoms with Gasteiger partial charge in [-0.05, 0) is 42.0 Å². The molecule has 0 saturated carbocycles. The van der Waals surface area contributed by atoms with Gasteiger partial charge in [-0.1, -0.05) is 39.8 Å². The summed E-state index contributed by atoms with van der Waals surface area (Å²) in [6.45, 7) is 10.7. The van der Waals surface area contributed by atoms with Crippen LogP contribution in [0.5, 0.6) is 0 Å². The first kappa shape index (κ1) is 18.0. The van der Waals surface area contributed by atoms with Crippen molar-refractivity contribution in [1.29, 1.82) is 0 Å². The van der Waals surface area contributed by atoms with Crippen molar-refractivity contribution in [3.8, 4) is 0 Å². The monoisotopic (exact) mass is 310 g/mol. The standard InChI is InChI=1S/C17H26N2O.ClH/c1-12-9-10-18-11-15(12)19-16(20)13-5-7-14(8-6-13)17(2,3)4;/h5-8,12,15,18H,9-11H2,1-4H3,(H,19,20);1H. The van der Waals surface area contributed by atoms with E-state index in [9.17, 15) is 4.79 Å². The molecule has 1 fully saturated rings. The fourth-order valence-electron chi connectivity index (χ4n) is 2.56. The summed E-state index contributed by atoms with van der Waals surface area (Å²) >= 11 is 0. The van der Waals surface area contributed by atoms with Gasteiger partial charge >= 0.3 is 0 Å². The largest absolute Gasteiger partial charge is 0.348 e. The maximum atomic E-state index is 12.3. The van der Waals surface area contributed by atoms with Gasteiger partial charge in [-0.2, -0.15) is 0 Å². The van der Waals surface area contributed by atoms with Crippen LogP contribution in [-0.4, -0.2) is 25.0 Å². The number of hydrogen-bond donors (Lipinski definition) is 2. The Kier molecular flexibility index (Phi) is 6.24. The van der Waals surface area contributed by atoms with Crippen LogP contribution in [-0.2, 0) is 5.41 Å². The molecule has 0 aliphatic carbocycles. The molecule has 2 atom stereocenters. The van der Waals surface area contributed by atoms with E-state index >= 15 is 0 Å². The third-order valence-corrected chi connectivity index (χ3v) is 4.16. The highest BCUT2D eigenvalue weighted by Gasteiger charge is 2.23. The number of hydrogen-bond acceptors (Lipinski definition) is 2. The minimum absolute atomic E-state index is 0. The van der Waals surface area contributed by atoms with Crippen LogP contribution in [0.15, 0.2) is 24.3 Å². The zero-order valence-corrected chi connectivity index (χ0v) is 14.2. The molecular weight excluding hydrogens is 284 g/mol. The third-order valence-electron chi connectivity index (χ3n) is 4.16. The fourth-order valence-corrected chi connectivity index (χ4v) is 2.56. The van der Waals surface area contributed by atoms with E-state index in [1.807, 2.05) is 12.1 Å². The van der Waals surface area contributed by atoms with Gasteiger partial charge in [-0.25, -0.2) is 0 Å². The van der Waals surface area contributed by atoms with Crippen LogP contribution in [0, 0.1) is 5.92 Å². The van der Waals surface area contributed by atoms with Crippen LogP contribution in [0.1, 0.15) is 50.0 Å². The number of halogens is 1. The number of nitrogens with one attached hydrogen (secondary N) is 2. The van der Waals surface area contributed by atoms with Gasteiger partial charge < -0.3 is 10.6 Å². The van der Waals surface area contributed by atoms with Gasteiger partial charge in [0.15, 0.2) is 0 Å². The molecule has 1 aliphatic rings. The summed E-state index contributed by atoms with van der Waals surface area (Å²) in [4.78, 5) is 12.3. The molecule has 2 N–H and O–H groups in total. The molecule has 1 saturated heterocycles. The predicted molar refractivity (Wildman–Crippen MR) is 90.3 cm³/mol. The van der Waals surface area contributed by atoms with Gasteiger partial charge in [0, 0.05) is 18.2 Å². The molecule has 3 nitrogen and oxygen atoms in total. The third kappa shape index (κ3) is 4.72. The Balaban J connectivity index is 0.00000220. The Morgan fingerprint density at radius 2 is 1.86 bits per heavy atom. The molecule has 1 amide bonds. The molecule has 1 aromatic rings. The molecule has 118 valence electrons. The minimum Gasteiger partial charge on any atom is -0.348 e. The number of carbonyl (C=O) groups excluding carboxylic acids is 1. The average molecular weight is 311 g/mol. The smallest absolute Gasteiger partial charge is 0.251 e. The minimum atomic E-state index is 0. The van der Waals surface area contributed by atoms with Crippen molar-refractivity contribution in [3.63, 3.8) is 0 Å². The van der Waals surface area contributed by atoms with E-state index in [4.69, 9.17) is 0 Å². The van der Waals surface area contributed by atoms with E-state index in [0.717, 1.165) is 25.1 Å². The summed E-state index contributed by atoms with van der Waals surface area (Å²) in [5.41, 5.74) is 2.12. The molecule has 1 aromatic carbocycles. The average Bonchev–Trinajstić information content (AvgIpc) is 2.40. The summed E-state index contributed by atoms with van der Waals surface area (Å²) in [7, 11) is 0. The lowest BCUT2D eigenvalue weighted by atomic mass is 9.86. The lowest BCUT2D eigenvalue weighted by molar-refractivity contribution is 0.0915. The number of benzene rings is 1. The number of rotatable bonds is 2. The Morgan fingerprint density at radius 1 is 1.24 bits per heavy atom. The van der Waals surface area contributed by atoms with E-state index in [1.54, 1.807) is 0 Å². The Hall–Kier alpha value is -1.06. The summed E-state index contributed by atoms with van der Waals surface area (Å²) in [6, 6.07) is 8.20. The highest BCUT2D eigenvalue weighted by atomic mass is 35.5. The maximum Gasteiger partial charge on any atom is 0.251 e. The van der Waals surface area contributed by atoms with Gasteiger partial charge in [0.1, 0.15) is 0 Å². The second-order valence-corrected chi connectivity index (χ2v) is 6.88. The molecule has 0 spiro atoms. The first-order valence-electron chi connectivity index (χ1n) is 7.50. The summed E-state index contributed by atoms with van der Waals surface area (Å²) in [5.74, 6) is 0.569. The molecule has 0 bridgehead atoms. The van der Waals surface area contributed by atoms with Crippen LogP contribution < -0.4 is 10.6 Å². The SMILES string of the molecule is CC1CCNCC1NC(=O)c1ccc(C(C)(C)C)cc1.Cl. The number of carbonyl (C=O) groups is 1. The summed E-state index contributed by atoms with van der Waals surface area (Å²) < 4.78 is 0. The molecule has 0 radical (unpaired) electrons. The maximum absolute atomic E-state index is 12.3. The van der Waals surface area contributed by atoms with Crippen molar-refractivity contribution >= 4 is 18.3 Å². The van der Waals surface area contributed by atoms with Crippen molar-refractivity contribution in [1.82, 2.24) is 10.6 Å². The Bertz CT molecular complexity index is 465. The molecule has 2 unspecified atom stereocenters. The fraction of sp³-hybridized carbons (Fsp3) is 0.588. The zero-order chi connectivity index (χ0) is 14.8. The van der Waals surface area contributed by atoms with Gasteiger partial charge in [0.2, 0.25) is 0 Å². The first-order chi connectivity index (χ1) is 9.38. The van der Waals surface area contributed by atoms with Gasteiger partial charge in [0.05, 0.1) is 0 Å². The van der Waals surface area contributed by atoms with E-state index < -0.39 is 0 Å².